The molecule has 0 aromatic carbocycles. The number of hydrogen-bond donors (Lipinski definition) is 4. The maximum absolute atomic E-state index is 14.7. The Labute approximate surface area is 300 Å². The molecule has 6 rings (SSSR count). The number of ketones is 1. The molecule has 1 aliphatic heterocycles. The average Bonchev–Trinajstić information content (AvgIpc) is 3.32. The van der Waals surface area contributed by atoms with E-state index < -0.39 is 66.5 Å². The van der Waals surface area contributed by atoms with Crippen LogP contribution in [-0.4, -0.2) is 69.5 Å². The van der Waals surface area contributed by atoms with Gasteiger partial charge >= 0.3 is 19.8 Å². The number of aliphatic hydroxyl groups is 3. The Morgan fingerprint density at radius 1 is 1.02 bits per heavy atom. The minimum atomic E-state index is -5.00. The van der Waals surface area contributed by atoms with Crippen molar-refractivity contribution in [2.24, 2.45) is 50.2 Å². The molecular formula is C38H57O12P. The molecule has 4 saturated carbocycles. The Morgan fingerprint density at radius 3 is 2.33 bits per heavy atom. The van der Waals surface area contributed by atoms with Crippen LogP contribution in [0.1, 0.15) is 113 Å². The highest BCUT2D eigenvalue weighted by Gasteiger charge is 2.70. The number of ether oxygens (including phenoxy) is 2. The highest BCUT2D eigenvalue weighted by Crippen LogP contribution is 2.75. The second-order valence-corrected chi connectivity index (χ2v) is 19.6. The van der Waals surface area contributed by atoms with Crippen LogP contribution in [0.5, 0.6) is 0 Å². The fraction of sp³-hybridized carbons (Fsp3) is 0.816. The lowest BCUT2D eigenvalue weighted by Gasteiger charge is -2.70. The summed E-state index contributed by atoms with van der Waals surface area (Å²) in [6, 6.07) is 0. The van der Waals surface area contributed by atoms with E-state index in [-0.39, 0.29) is 45.8 Å². The molecule has 5 aliphatic carbocycles. The number of cyclic esters (lactones) is 1. The zero-order chi connectivity index (χ0) is 37.7. The van der Waals surface area contributed by atoms with Gasteiger partial charge in [-0.25, -0.2) is 9.36 Å². The lowest BCUT2D eigenvalue weighted by molar-refractivity contribution is -0.201. The molecule has 286 valence electrons. The number of allylic oxidation sites excluding steroid dienone is 2. The number of aliphatic hydroxyl groups excluding tert-OH is 3. The molecule has 0 saturated heterocycles. The van der Waals surface area contributed by atoms with Gasteiger partial charge in [-0.15, -0.1) is 0 Å². The molecule has 0 aromatic rings. The zero-order valence-corrected chi connectivity index (χ0v) is 32.2. The van der Waals surface area contributed by atoms with Crippen LogP contribution < -0.4 is 0 Å². The van der Waals surface area contributed by atoms with E-state index in [0.29, 0.717) is 25.9 Å². The quantitative estimate of drug-likeness (QED) is 0.167. The van der Waals surface area contributed by atoms with Crippen LogP contribution in [0, 0.1) is 50.2 Å². The zero-order valence-electron chi connectivity index (χ0n) is 31.3. The van der Waals surface area contributed by atoms with Gasteiger partial charge in [0.05, 0.1) is 24.7 Å². The monoisotopic (exact) mass is 736 g/mol. The predicted octanol–water partition coefficient (Wildman–Crippen LogP) is 6.08. The topological polar surface area (TPSA) is 186 Å². The summed E-state index contributed by atoms with van der Waals surface area (Å²) in [4.78, 5) is 51.1. The van der Waals surface area contributed by atoms with E-state index in [1.54, 1.807) is 0 Å². The molecule has 12 nitrogen and oxygen atoms in total. The first-order valence-electron chi connectivity index (χ1n) is 18.6. The lowest BCUT2D eigenvalue weighted by Crippen LogP contribution is -2.66. The van der Waals surface area contributed by atoms with Gasteiger partial charge in [-0.3, -0.25) is 19.0 Å². The smallest absolute Gasteiger partial charge is 0.505 e. The largest absolute Gasteiger partial charge is 0.528 e. The van der Waals surface area contributed by atoms with Gasteiger partial charge in [0.25, 0.3) is 5.76 Å². The van der Waals surface area contributed by atoms with Crippen LogP contribution in [0.25, 0.3) is 0 Å². The van der Waals surface area contributed by atoms with Crippen molar-refractivity contribution in [1.29, 1.82) is 0 Å². The third-order valence-corrected chi connectivity index (χ3v) is 16.1. The van der Waals surface area contributed by atoms with E-state index >= 15 is 0 Å². The van der Waals surface area contributed by atoms with Crippen molar-refractivity contribution in [2.75, 3.05) is 13.2 Å². The molecule has 0 amide bonds. The summed E-state index contributed by atoms with van der Waals surface area (Å²) < 4.78 is 34.6. The van der Waals surface area contributed by atoms with Crippen LogP contribution >= 0.6 is 7.82 Å². The maximum atomic E-state index is 14.7. The van der Waals surface area contributed by atoms with E-state index in [9.17, 15) is 39.2 Å². The molecule has 0 aromatic heterocycles. The first kappa shape index (κ1) is 38.5. The number of esters is 2. The van der Waals surface area contributed by atoms with Crippen molar-refractivity contribution in [1.82, 2.24) is 0 Å². The first-order chi connectivity index (χ1) is 23.5. The van der Waals surface area contributed by atoms with E-state index in [1.807, 2.05) is 33.8 Å². The first-order valence-corrected chi connectivity index (χ1v) is 20.1. The highest BCUT2D eigenvalue weighted by molar-refractivity contribution is 7.47. The molecule has 1 heterocycles. The number of fused-ring (bicyclic) bond motifs is 7. The van der Waals surface area contributed by atoms with Gasteiger partial charge in [-0.05, 0) is 117 Å². The van der Waals surface area contributed by atoms with E-state index in [2.05, 4.69) is 27.7 Å². The van der Waals surface area contributed by atoms with Crippen LogP contribution in [0.15, 0.2) is 23.2 Å². The molecule has 3 unspecified atom stereocenters. The third kappa shape index (κ3) is 5.67. The summed E-state index contributed by atoms with van der Waals surface area (Å²) in [5, 5.41) is 29.5. The highest BCUT2D eigenvalue weighted by atomic mass is 31.2. The van der Waals surface area contributed by atoms with Crippen molar-refractivity contribution in [3.63, 3.8) is 0 Å². The van der Waals surface area contributed by atoms with Crippen molar-refractivity contribution in [3.05, 3.63) is 23.2 Å². The van der Waals surface area contributed by atoms with E-state index in [1.165, 1.54) is 5.57 Å². The Balaban J connectivity index is 1.27. The van der Waals surface area contributed by atoms with Gasteiger partial charge < -0.3 is 29.3 Å². The normalized spacial score (nSPS) is 44.8. The summed E-state index contributed by atoms with van der Waals surface area (Å²) in [6.07, 6.45) is 4.67. The van der Waals surface area contributed by atoms with Crippen molar-refractivity contribution >= 4 is 25.5 Å². The summed E-state index contributed by atoms with van der Waals surface area (Å²) in [5.41, 5.74) is -1.15. The van der Waals surface area contributed by atoms with E-state index in [4.69, 9.17) is 18.5 Å². The van der Waals surface area contributed by atoms with Crippen molar-refractivity contribution in [2.45, 2.75) is 131 Å². The molecule has 4 fully saturated rings. The molecule has 13 heteroatoms. The van der Waals surface area contributed by atoms with Gasteiger partial charge in [0.1, 0.15) is 6.10 Å². The number of carbonyl (C=O) groups excluding carboxylic acids is 3. The minimum absolute atomic E-state index is 0.00123. The maximum Gasteiger partial charge on any atom is 0.528 e. The second kappa shape index (κ2) is 12.4. The summed E-state index contributed by atoms with van der Waals surface area (Å²) in [7, 11) is -5.00. The van der Waals surface area contributed by atoms with Gasteiger partial charge in [0.15, 0.2) is 17.6 Å². The molecule has 0 bridgehead atoms. The molecule has 12 atom stereocenters. The van der Waals surface area contributed by atoms with Crippen molar-refractivity contribution in [3.8, 4) is 0 Å². The molecule has 51 heavy (non-hydrogen) atoms. The predicted molar refractivity (Wildman–Crippen MR) is 184 cm³/mol. The van der Waals surface area contributed by atoms with E-state index in [0.717, 1.165) is 38.5 Å². The van der Waals surface area contributed by atoms with Gasteiger partial charge in [0.2, 0.25) is 0 Å². The Hall–Kier alpha value is -2.24. The van der Waals surface area contributed by atoms with Gasteiger partial charge in [0, 0.05) is 5.92 Å². The number of phosphoric acid groups is 1. The molecule has 0 spiro atoms. The Bertz CT molecular complexity index is 1600. The number of hydrogen-bond acceptors (Lipinski definition) is 11. The lowest BCUT2D eigenvalue weighted by atomic mass is 9.33. The van der Waals surface area contributed by atoms with Crippen LogP contribution in [0.3, 0.4) is 0 Å². The average molecular weight is 737 g/mol. The Kier molecular flexibility index (Phi) is 9.36. The summed E-state index contributed by atoms with van der Waals surface area (Å²) >= 11 is 0. The molecule has 0 radical (unpaired) electrons. The number of carbonyl (C=O) groups is 3. The fourth-order valence-corrected chi connectivity index (χ4v) is 13.2. The Morgan fingerprint density at radius 2 is 1.69 bits per heavy atom. The van der Waals surface area contributed by atoms with Gasteiger partial charge in [-0.1, -0.05) is 47.1 Å². The second-order valence-electron chi connectivity index (χ2n) is 18.3. The van der Waals surface area contributed by atoms with Crippen LogP contribution in [-0.2, 0) is 37.5 Å². The summed E-state index contributed by atoms with van der Waals surface area (Å²) in [6.45, 7) is 16.5. The molecule has 4 N–H and O–H groups in total. The van der Waals surface area contributed by atoms with Crippen LogP contribution in [0.4, 0.5) is 0 Å². The SMILES string of the molecule is CCOC(=O)[C@@]1(C)CC[C@]2(C)CC[C@]3(C)C(=CC(=O)[C@@H]4[C@@]5(C)CC[C@H](OP(=O)(O)OC6=C(O)C(C(O)CO)OC6=O)C(C)(C)[C@@H]5CC[C@]43C)[C@@H]2C1. The van der Waals surface area contributed by atoms with Crippen LogP contribution in [0.2, 0.25) is 0 Å². The standard InChI is InChI=1S/C38H57O12P/c1-9-47-32(44)35(5)15-14-34(4)16-17-37(7)21(22(34)19-35)18-23(40)30-36(6)12-11-26(33(2,3)25(36)10-13-38(30,37)8)49-51(45,46)50-29-27(42)28(24(41)20-39)48-31(29)43/h18,22,24-26,28,30,39,41-42H,9-17,19-20H2,1-8H3,(H,45,46)/t22-,24?,25-,26-,28?,30+,34+,35-,36-,37+,38+/m0/s1. The van der Waals surface area contributed by atoms with Gasteiger partial charge in [-0.2, -0.15) is 0 Å². The molecule has 6 aliphatic rings. The number of phosphoric ester groups is 1. The minimum Gasteiger partial charge on any atom is -0.505 e. The third-order valence-electron chi connectivity index (χ3n) is 15.2. The number of rotatable bonds is 8. The fourth-order valence-electron chi connectivity index (χ4n) is 12.0. The molecular weight excluding hydrogens is 679 g/mol. The summed E-state index contributed by atoms with van der Waals surface area (Å²) in [5.74, 6) is -3.39. The van der Waals surface area contributed by atoms with Crippen molar-refractivity contribution < 1.29 is 57.7 Å².